The molecule has 0 saturated heterocycles. The maximum Gasteiger partial charge on any atom is 0.0205 e. The molecule has 0 unspecified atom stereocenters. The third-order valence-corrected chi connectivity index (χ3v) is 2.97. The molecule has 84 valence electrons. The normalized spacial score (nSPS) is 11.7. The number of benzene rings is 1. The SMILES string of the molecule is CCC(C)(C)CNCc1cccc(C)c1. The van der Waals surface area contributed by atoms with Crippen LogP contribution in [0.1, 0.15) is 38.3 Å². The van der Waals surface area contributed by atoms with Crippen molar-refractivity contribution in [1.29, 1.82) is 0 Å². The van der Waals surface area contributed by atoms with Crippen LogP contribution in [0.4, 0.5) is 0 Å². The van der Waals surface area contributed by atoms with Crippen LogP contribution in [0.15, 0.2) is 24.3 Å². The molecule has 0 fully saturated rings. The lowest BCUT2D eigenvalue weighted by Crippen LogP contribution is -2.28. The van der Waals surface area contributed by atoms with E-state index in [2.05, 4.69) is 57.3 Å². The van der Waals surface area contributed by atoms with E-state index in [1.54, 1.807) is 0 Å². The van der Waals surface area contributed by atoms with Crippen LogP contribution in [0.25, 0.3) is 0 Å². The molecule has 0 radical (unpaired) electrons. The lowest BCUT2D eigenvalue weighted by atomic mass is 9.90. The summed E-state index contributed by atoms with van der Waals surface area (Å²) in [5.74, 6) is 0. The van der Waals surface area contributed by atoms with E-state index in [1.165, 1.54) is 17.5 Å². The predicted octanol–water partition coefficient (Wildman–Crippen LogP) is 3.52. The zero-order chi connectivity index (χ0) is 11.3. The van der Waals surface area contributed by atoms with E-state index in [4.69, 9.17) is 0 Å². The van der Waals surface area contributed by atoms with Gasteiger partial charge < -0.3 is 5.32 Å². The average Bonchev–Trinajstić information content (AvgIpc) is 2.18. The summed E-state index contributed by atoms with van der Waals surface area (Å²) in [6.07, 6.45) is 1.22. The topological polar surface area (TPSA) is 12.0 Å². The van der Waals surface area contributed by atoms with Gasteiger partial charge >= 0.3 is 0 Å². The number of hydrogen-bond acceptors (Lipinski definition) is 1. The number of nitrogens with one attached hydrogen (secondary N) is 1. The fraction of sp³-hybridized carbons (Fsp3) is 0.571. The Balaban J connectivity index is 2.38. The van der Waals surface area contributed by atoms with Crippen molar-refractivity contribution in [2.24, 2.45) is 5.41 Å². The fourth-order valence-electron chi connectivity index (χ4n) is 1.49. The van der Waals surface area contributed by atoms with E-state index >= 15 is 0 Å². The second-order valence-corrected chi connectivity index (χ2v) is 5.11. The van der Waals surface area contributed by atoms with Crippen molar-refractivity contribution in [3.8, 4) is 0 Å². The third-order valence-electron chi connectivity index (χ3n) is 2.97. The molecule has 15 heavy (non-hydrogen) atoms. The van der Waals surface area contributed by atoms with Gasteiger partial charge in [0.1, 0.15) is 0 Å². The standard InChI is InChI=1S/C14H23N/c1-5-14(3,4)11-15-10-13-8-6-7-12(2)9-13/h6-9,15H,5,10-11H2,1-4H3. The Kier molecular flexibility index (Phi) is 4.34. The largest absolute Gasteiger partial charge is 0.312 e. The van der Waals surface area contributed by atoms with Gasteiger partial charge in [-0.1, -0.05) is 50.6 Å². The third kappa shape index (κ3) is 4.48. The van der Waals surface area contributed by atoms with E-state index in [1.807, 2.05) is 0 Å². The van der Waals surface area contributed by atoms with Crippen LogP contribution in [0.5, 0.6) is 0 Å². The van der Waals surface area contributed by atoms with E-state index in [0.717, 1.165) is 13.1 Å². The zero-order valence-corrected chi connectivity index (χ0v) is 10.4. The first-order valence-electron chi connectivity index (χ1n) is 5.80. The molecule has 0 aliphatic rings. The molecule has 1 aromatic carbocycles. The van der Waals surface area contributed by atoms with Gasteiger partial charge in [-0.25, -0.2) is 0 Å². The van der Waals surface area contributed by atoms with E-state index in [9.17, 15) is 0 Å². The summed E-state index contributed by atoms with van der Waals surface area (Å²) in [5.41, 5.74) is 3.12. The first-order chi connectivity index (χ1) is 7.03. The monoisotopic (exact) mass is 205 g/mol. The lowest BCUT2D eigenvalue weighted by Gasteiger charge is -2.23. The van der Waals surface area contributed by atoms with E-state index < -0.39 is 0 Å². The minimum absolute atomic E-state index is 0.407. The van der Waals surface area contributed by atoms with Gasteiger partial charge in [-0.3, -0.25) is 0 Å². The minimum Gasteiger partial charge on any atom is -0.312 e. The average molecular weight is 205 g/mol. The van der Waals surface area contributed by atoms with Crippen molar-refractivity contribution in [3.63, 3.8) is 0 Å². The van der Waals surface area contributed by atoms with Crippen molar-refractivity contribution >= 4 is 0 Å². The number of rotatable bonds is 5. The van der Waals surface area contributed by atoms with Crippen LogP contribution >= 0.6 is 0 Å². The summed E-state index contributed by atoms with van der Waals surface area (Å²) < 4.78 is 0. The zero-order valence-electron chi connectivity index (χ0n) is 10.4. The molecular formula is C14H23N. The summed E-state index contributed by atoms with van der Waals surface area (Å²) in [7, 11) is 0. The predicted molar refractivity (Wildman–Crippen MR) is 67.0 cm³/mol. The highest BCUT2D eigenvalue weighted by Gasteiger charge is 2.13. The first kappa shape index (κ1) is 12.3. The van der Waals surface area contributed by atoms with Crippen molar-refractivity contribution in [2.75, 3.05) is 6.54 Å². The fourth-order valence-corrected chi connectivity index (χ4v) is 1.49. The molecule has 0 saturated carbocycles. The maximum atomic E-state index is 3.52. The second-order valence-electron chi connectivity index (χ2n) is 5.11. The van der Waals surface area contributed by atoms with Crippen molar-refractivity contribution in [2.45, 2.75) is 40.7 Å². The first-order valence-corrected chi connectivity index (χ1v) is 5.80. The second kappa shape index (κ2) is 5.32. The van der Waals surface area contributed by atoms with Crippen molar-refractivity contribution in [1.82, 2.24) is 5.32 Å². The highest BCUT2D eigenvalue weighted by molar-refractivity contribution is 5.21. The molecule has 1 aromatic rings. The Hall–Kier alpha value is -0.820. The van der Waals surface area contributed by atoms with Gasteiger partial charge in [0.2, 0.25) is 0 Å². The van der Waals surface area contributed by atoms with Gasteiger partial charge in [0, 0.05) is 13.1 Å². The summed E-state index contributed by atoms with van der Waals surface area (Å²) in [6, 6.07) is 8.68. The van der Waals surface area contributed by atoms with Crippen LogP contribution < -0.4 is 5.32 Å². The Morgan fingerprint density at radius 2 is 2.00 bits per heavy atom. The molecular weight excluding hydrogens is 182 g/mol. The number of hydrogen-bond donors (Lipinski definition) is 1. The van der Waals surface area contributed by atoms with Crippen LogP contribution in [-0.2, 0) is 6.54 Å². The highest BCUT2D eigenvalue weighted by Crippen LogP contribution is 2.17. The molecule has 0 bridgehead atoms. The van der Waals surface area contributed by atoms with Crippen LogP contribution in [0.2, 0.25) is 0 Å². The van der Waals surface area contributed by atoms with Gasteiger partial charge in [-0.2, -0.15) is 0 Å². The van der Waals surface area contributed by atoms with Gasteiger partial charge in [0.05, 0.1) is 0 Å². The lowest BCUT2D eigenvalue weighted by molar-refractivity contribution is 0.327. The Labute approximate surface area is 93.9 Å². The molecule has 1 nitrogen and oxygen atoms in total. The minimum atomic E-state index is 0.407. The number of aryl methyl sites for hydroxylation is 1. The van der Waals surface area contributed by atoms with Crippen LogP contribution in [0.3, 0.4) is 0 Å². The van der Waals surface area contributed by atoms with Crippen molar-refractivity contribution in [3.05, 3.63) is 35.4 Å². The van der Waals surface area contributed by atoms with Crippen LogP contribution in [-0.4, -0.2) is 6.54 Å². The smallest absolute Gasteiger partial charge is 0.0205 e. The molecule has 1 N–H and O–H groups in total. The molecule has 1 rings (SSSR count). The summed E-state index contributed by atoms with van der Waals surface area (Å²) in [4.78, 5) is 0. The Bertz CT molecular complexity index is 302. The van der Waals surface area contributed by atoms with Gasteiger partial charge in [-0.05, 0) is 24.3 Å². The van der Waals surface area contributed by atoms with E-state index in [-0.39, 0.29) is 0 Å². The van der Waals surface area contributed by atoms with Gasteiger partial charge in [0.25, 0.3) is 0 Å². The quantitative estimate of drug-likeness (QED) is 0.775. The molecule has 0 aliphatic carbocycles. The molecule has 0 aliphatic heterocycles. The maximum absolute atomic E-state index is 3.52. The highest BCUT2D eigenvalue weighted by atomic mass is 14.9. The van der Waals surface area contributed by atoms with Gasteiger partial charge in [0.15, 0.2) is 0 Å². The van der Waals surface area contributed by atoms with Crippen LogP contribution in [0, 0.1) is 12.3 Å². The molecule has 0 atom stereocenters. The molecule has 1 heteroatoms. The summed E-state index contributed by atoms with van der Waals surface area (Å²) in [5, 5.41) is 3.52. The van der Waals surface area contributed by atoms with E-state index in [0.29, 0.717) is 5.41 Å². The molecule has 0 heterocycles. The van der Waals surface area contributed by atoms with Crippen molar-refractivity contribution < 1.29 is 0 Å². The Morgan fingerprint density at radius 3 is 2.60 bits per heavy atom. The molecule has 0 aromatic heterocycles. The molecule has 0 amide bonds. The summed E-state index contributed by atoms with van der Waals surface area (Å²) in [6.45, 7) is 11.0. The summed E-state index contributed by atoms with van der Waals surface area (Å²) >= 11 is 0. The van der Waals surface area contributed by atoms with Gasteiger partial charge in [-0.15, -0.1) is 0 Å². The molecule has 0 spiro atoms. The Morgan fingerprint density at radius 1 is 1.27 bits per heavy atom.